The first kappa shape index (κ1) is 13.7. The Hall–Kier alpha value is -1.75. The lowest BCUT2D eigenvalue weighted by Crippen LogP contribution is -2.28. The maximum absolute atomic E-state index is 11.2. The van der Waals surface area contributed by atoms with E-state index in [1.165, 1.54) is 0 Å². The molecule has 1 aromatic rings. The van der Waals surface area contributed by atoms with Crippen molar-refractivity contribution in [3.05, 3.63) is 23.3 Å². The number of hydrogen-bond acceptors (Lipinski definition) is 4. The highest BCUT2D eigenvalue weighted by Gasteiger charge is 2.19. The number of ether oxygens (including phenoxy) is 1. The van der Waals surface area contributed by atoms with Crippen molar-refractivity contribution in [1.82, 2.24) is 0 Å². The Bertz CT molecular complexity index is 482. The molecule has 1 fully saturated rings. The molecule has 1 aromatic carbocycles. The number of nitrogens with zero attached hydrogens (tertiary/aromatic N) is 1. The first-order valence-corrected chi connectivity index (χ1v) is 6.45. The van der Waals surface area contributed by atoms with E-state index in [4.69, 9.17) is 15.6 Å². The van der Waals surface area contributed by atoms with Crippen molar-refractivity contribution in [1.29, 1.82) is 0 Å². The molecule has 0 saturated carbocycles. The van der Waals surface area contributed by atoms with E-state index in [0.717, 1.165) is 37.2 Å². The van der Waals surface area contributed by atoms with E-state index in [2.05, 4.69) is 0 Å². The van der Waals surface area contributed by atoms with Crippen molar-refractivity contribution in [3.63, 3.8) is 0 Å². The molecule has 5 nitrogen and oxygen atoms in total. The Morgan fingerprint density at radius 1 is 1.58 bits per heavy atom. The van der Waals surface area contributed by atoms with Crippen LogP contribution in [0.25, 0.3) is 0 Å². The van der Waals surface area contributed by atoms with E-state index >= 15 is 0 Å². The maximum atomic E-state index is 11.2. The van der Waals surface area contributed by atoms with Crippen LogP contribution in [0.1, 0.15) is 28.8 Å². The summed E-state index contributed by atoms with van der Waals surface area (Å²) in [5, 5.41) is 9.16. The van der Waals surface area contributed by atoms with Gasteiger partial charge in [-0.3, -0.25) is 0 Å². The van der Waals surface area contributed by atoms with Crippen LogP contribution in [0.15, 0.2) is 12.1 Å². The Labute approximate surface area is 113 Å². The smallest absolute Gasteiger partial charge is 0.337 e. The van der Waals surface area contributed by atoms with E-state index in [1.54, 1.807) is 6.07 Å². The van der Waals surface area contributed by atoms with Crippen LogP contribution in [0, 0.1) is 6.92 Å². The topological polar surface area (TPSA) is 75.8 Å². The predicted molar refractivity (Wildman–Crippen MR) is 74.8 cm³/mol. The molecule has 1 aliphatic rings. The molecule has 19 heavy (non-hydrogen) atoms. The van der Waals surface area contributed by atoms with Gasteiger partial charge in [-0.2, -0.15) is 0 Å². The van der Waals surface area contributed by atoms with Gasteiger partial charge in [0.05, 0.1) is 11.7 Å². The largest absolute Gasteiger partial charge is 0.478 e. The van der Waals surface area contributed by atoms with Gasteiger partial charge >= 0.3 is 5.97 Å². The lowest BCUT2D eigenvalue weighted by Gasteiger charge is -2.24. The molecule has 0 aliphatic carbocycles. The number of nitrogens with two attached hydrogens (primary N) is 1. The van der Waals surface area contributed by atoms with Gasteiger partial charge in [0.1, 0.15) is 0 Å². The number of nitrogen functional groups attached to an aromatic ring is 1. The first-order chi connectivity index (χ1) is 8.99. The minimum absolute atomic E-state index is 0.161. The van der Waals surface area contributed by atoms with Gasteiger partial charge in [0.15, 0.2) is 0 Å². The number of benzene rings is 1. The molecule has 1 heterocycles. The molecule has 0 aromatic heterocycles. The third-order valence-electron chi connectivity index (χ3n) is 3.54. The predicted octanol–water partition coefficient (Wildman–Crippen LogP) is 1.89. The van der Waals surface area contributed by atoms with Crippen molar-refractivity contribution in [3.8, 4) is 0 Å². The van der Waals surface area contributed by atoms with Crippen LogP contribution in [0.5, 0.6) is 0 Å². The van der Waals surface area contributed by atoms with E-state index in [1.807, 2.05) is 24.9 Å². The van der Waals surface area contributed by atoms with Crippen LogP contribution in [0.4, 0.5) is 11.4 Å². The van der Waals surface area contributed by atoms with E-state index in [0.29, 0.717) is 5.69 Å². The van der Waals surface area contributed by atoms with Crippen molar-refractivity contribution in [2.45, 2.75) is 25.9 Å². The molecule has 0 spiro atoms. The molecule has 104 valence electrons. The third kappa shape index (κ3) is 2.98. The lowest BCUT2D eigenvalue weighted by molar-refractivity contribution is 0.0698. The summed E-state index contributed by atoms with van der Waals surface area (Å²) < 4.78 is 5.59. The summed E-state index contributed by atoms with van der Waals surface area (Å²) in [5.41, 5.74) is 7.94. The van der Waals surface area contributed by atoms with Gasteiger partial charge in [-0.15, -0.1) is 0 Å². The average Bonchev–Trinajstić information content (AvgIpc) is 2.84. The van der Waals surface area contributed by atoms with Crippen molar-refractivity contribution in [2.24, 2.45) is 0 Å². The highest BCUT2D eigenvalue weighted by molar-refractivity contribution is 5.95. The summed E-state index contributed by atoms with van der Waals surface area (Å²) in [5.74, 6) is -0.993. The SMILES string of the molecule is Cc1cc(N(C)CC2CCCO2)cc(C(=O)O)c1N. The fourth-order valence-corrected chi connectivity index (χ4v) is 2.38. The van der Waals surface area contributed by atoms with Crippen LogP contribution in [0.2, 0.25) is 0 Å². The maximum Gasteiger partial charge on any atom is 0.337 e. The summed E-state index contributed by atoms with van der Waals surface area (Å²) in [6.07, 6.45) is 2.39. The molecular weight excluding hydrogens is 244 g/mol. The number of likely N-dealkylation sites (N-methyl/N-ethyl adjacent to an activating group) is 1. The molecule has 1 aliphatic heterocycles. The summed E-state index contributed by atoms with van der Waals surface area (Å²) in [6, 6.07) is 3.54. The van der Waals surface area contributed by atoms with E-state index < -0.39 is 5.97 Å². The van der Waals surface area contributed by atoms with Crippen LogP contribution in [0.3, 0.4) is 0 Å². The standard InChI is InChI=1S/C14H20N2O3/c1-9-6-10(7-12(13(9)15)14(17)18)16(2)8-11-4-3-5-19-11/h6-7,11H,3-5,8,15H2,1-2H3,(H,17,18). The molecular formula is C14H20N2O3. The summed E-state index contributed by atoms with van der Waals surface area (Å²) in [6.45, 7) is 3.41. The van der Waals surface area contributed by atoms with E-state index in [-0.39, 0.29) is 11.7 Å². The normalized spacial score (nSPS) is 18.5. The van der Waals surface area contributed by atoms with Crippen molar-refractivity contribution in [2.75, 3.05) is 30.8 Å². The van der Waals surface area contributed by atoms with Gasteiger partial charge in [-0.1, -0.05) is 0 Å². The van der Waals surface area contributed by atoms with Gasteiger partial charge in [-0.05, 0) is 37.5 Å². The fourth-order valence-electron chi connectivity index (χ4n) is 2.38. The molecule has 5 heteroatoms. The second kappa shape index (κ2) is 5.48. The highest BCUT2D eigenvalue weighted by Crippen LogP contribution is 2.26. The van der Waals surface area contributed by atoms with Crippen LogP contribution in [-0.2, 0) is 4.74 Å². The number of carboxylic acids is 1. The number of carboxylic acid groups (broad SMARTS) is 1. The average molecular weight is 264 g/mol. The molecule has 1 saturated heterocycles. The van der Waals surface area contributed by atoms with Crippen molar-refractivity contribution < 1.29 is 14.6 Å². The number of carbonyl (C=O) groups is 1. The number of rotatable bonds is 4. The van der Waals surface area contributed by atoms with Crippen LogP contribution in [-0.4, -0.2) is 37.4 Å². The van der Waals surface area contributed by atoms with Crippen molar-refractivity contribution >= 4 is 17.3 Å². The van der Waals surface area contributed by atoms with Crippen LogP contribution < -0.4 is 10.6 Å². The summed E-state index contributed by atoms with van der Waals surface area (Å²) in [4.78, 5) is 13.2. The zero-order valence-electron chi connectivity index (χ0n) is 11.3. The summed E-state index contributed by atoms with van der Waals surface area (Å²) >= 11 is 0. The number of aryl methyl sites for hydroxylation is 1. The Kier molecular flexibility index (Phi) is 3.95. The Morgan fingerprint density at radius 3 is 2.89 bits per heavy atom. The minimum atomic E-state index is -0.993. The van der Waals surface area contributed by atoms with Gasteiger partial charge in [0, 0.05) is 31.6 Å². The fraction of sp³-hybridized carbons (Fsp3) is 0.500. The second-order valence-corrected chi connectivity index (χ2v) is 5.04. The first-order valence-electron chi connectivity index (χ1n) is 6.45. The van der Waals surface area contributed by atoms with Gasteiger partial charge in [0.2, 0.25) is 0 Å². The third-order valence-corrected chi connectivity index (χ3v) is 3.54. The molecule has 3 N–H and O–H groups in total. The van der Waals surface area contributed by atoms with Crippen LogP contribution >= 0.6 is 0 Å². The Balaban J connectivity index is 2.21. The number of hydrogen-bond donors (Lipinski definition) is 2. The molecule has 2 rings (SSSR count). The molecule has 1 atom stereocenters. The zero-order chi connectivity index (χ0) is 14.0. The zero-order valence-corrected chi connectivity index (χ0v) is 11.3. The molecule has 0 radical (unpaired) electrons. The lowest BCUT2D eigenvalue weighted by atomic mass is 10.1. The molecule has 0 bridgehead atoms. The van der Waals surface area contributed by atoms with Gasteiger partial charge in [-0.25, -0.2) is 4.79 Å². The Morgan fingerprint density at radius 2 is 2.32 bits per heavy atom. The van der Waals surface area contributed by atoms with E-state index in [9.17, 15) is 4.79 Å². The number of aromatic carboxylic acids is 1. The van der Waals surface area contributed by atoms with Gasteiger partial charge < -0.3 is 20.5 Å². The monoisotopic (exact) mass is 264 g/mol. The quantitative estimate of drug-likeness (QED) is 0.812. The molecule has 1 unspecified atom stereocenters. The molecule has 0 amide bonds. The van der Waals surface area contributed by atoms with Gasteiger partial charge in [0.25, 0.3) is 0 Å². The summed E-state index contributed by atoms with van der Waals surface area (Å²) in [7, 11) is 1.94. The minimum Gasteiger partial charge on any atom is -0.478 e. The second-order valence-electron chi connectivity index (χ2n) is 5.04. The number of anilines is 2. The highest BCUT2D eigenvalue weighted by atomic mass is 16.5.